The fourth-order valence-electron chi connectivity index (χ4n) is 2.79. The molecule has 0 saturated carbocycles. The molecule has 2 N–H and O–H groups in total. The van der Waals surface area contributed by atoms with Crippen molar-refractivity contribution in [3.8, 4) is 5.75 Å². The quantitative estimate of drug-likeness (QED) is 0.645. The van der Waals surface area contributed by atoms with Crippen LogP contribution in [0, 0.1) is 13.8 Å². The van der Waals surface area contributed by atoms with E-state index >= 15 is 0 Å². The van der Waals surface area contributed by atoms with Crippen molar-refractivity contribution in [2.45, 2.75) is 39.7 Å². The lowest BCUT2D eigenvalue weighted by Gasteiger charge is -2.15. The molecule has 0 spiro atoms. The lowest BCUT2D eigenvalue weighted by molar-refractivity contribution is -0.139. The Hall–Kier alpha value is -3.15. The van der Waals surface area contributed by atoms with E-state index in [1.807, 2.05) is 39.0 Å². The van der Waals surface area contributed by atoms with Crippen LogP contribution in [0.25, 0.3) is 0 Å². The van der Waals surface area contributed by atoms with E-state index < -0.39 is 12.6 Å². The maximum absolute atomic E-state index is 12.4. The van der Waals surface area contributed by atoms with E-state index in [0.29, 0.717) is 11.3 Å². The lowest BCUT2D eigenvalue weighted by Crippen LogP contribution is -2.27. The van der Waals surface area contributed by atoms with Gasteiger partial charge in [-0.3, -0.25) is 9.59 Å². The Kier molecular flexibility index (Phi) is 7.32. The van der Waals surface area contributed by atoms with Gasteiger partial charge in [0.15, 0.2) is 12.4 Å². The van der Waals surface area contributed by atoms with E-state index in [0.717, 1.165) is 16.7 Å². The summed E-state index contributed by atoms with van der Waals surface area (Å²) in [6.45, 7) is 5.26. The fraction of sp³-hybridized carbons (Fsp3) is 0.318. The third-order valence-corrected chi connectivity index (χ3v) is 4.39. The van der Waals surface area contributed by atoms with Gasteiger partial charge in [0, 0.05) is 18.4 Å². The number of hydrogen-bond donors (Lipinski definition) is 2. The average molecular weight is 383 g/mol. The Morgan fingerprint density at radius 1 is 1.04 bits per heavy atom. The molecule has 1 unspecified atom stereocenters. The van der Waals surface area contributed by atoms with Gasteiger partial charge >= 0.3 is 5.97 Å². The maximum atomic E-state index is 12.4. The highest BCUT2D eigenvalue weighted by Gasteiger charge is 2.14. The molecular weight excluding hydrogens is 358 g/mol. The third-order valence-electron chi connectivity index (χ3n) is 4.39. The van der Waals surface area contributed by atoms with Crippen molar-refractivity contribution >= 4 is 17.7 Å². The van der Waals surface area contributed by atoms with Gasteiger partial charge in [0.25, 0.3) is 0 Å². The summed E-state index contributed by atoms with van der Waals surface area (Å²) in [6.07, 6.45) is 0.279. The molecule has 0 aliphatic rings. The number of carboxylic acid groups (broad SMARTS) is 1. The zero-order chi connectivity index (χ0) is 20.7. The summed E-state index contributed by atoms with van der Waals surface area (Å²) in [7, 11) is 0. The van der Waals surface area contributed by atoms with Gasteiger partial charge in [0.1, 0.15) is 5.75 Å². The zero-order valence-electron chi connectivity index (χ0n) is 16.3. The van der Waals surface area contributed by atoms with Crippen LogP contribution in [0.1, 0.15) is 52.9 Å². The van der Waals surface area contributed by atoms with E-state index in [4.69, 9.17) is 9.84 Å². The number of aliphatic carboxylic acids is 1. The van der Waals surface area contributed by atoms with E-state index in [2.05, 4.69) is 5.32 Å². The number of aryl methyl sites for hydroxylation is 2. The number of carboxylic acids is 1. The first-order chi connectivity index (χ1) is 13.3. The molecule has 0 fully saturated rings. The van der Waals surface area contributed by atoms with E-state index in [9.17, 15) is 14.4 Å². The summed E-state index contributed by atoms with van der Waals surface area (Å²) in [5.41, 5.74) is 3.45. The van der Waals surface area contributed by atoms with Gasteiger partial charge in [-0.05, 0) is 50.1 Å². The molecule has 0 aromatic heterocycles. The minimum Gasteiger partial charge on any atom is -0.482 e. The number of amides is 1. The largest absolute Gasteiger partial charge is 0.482 e. The molecule has 0 aliphatic carbocycles. The molecule has 6 nitrogen and oxygen atoms in total. The molecule has 2 aromatic rings. The Balaban J connectivity index is 1.86. The molecular formula is C22H25NO5. The highest BCUT2D eigenvalue weighted by atomic mass is 16.5. The highest BCUT2D eigenvalue weighted by molar-refractivity contribution is 5.99. The zero-order valence-corrected chi connectivity index (χ0v) is 16.3. The SMILES string of the molecule is Cc1ccc(C)c(C(=O)CCC(=O)NC(C)c2ccc(OCC(=O)O)cc2)c1. The number of ether oxygens (including phenoxy) is 1. The van der Waals surface area contributed by atoms with Crippen molar-refractivity contribution in [2.24, 2.45) is 0 Å². The van der Waals surface area contributed by atoms with Crippen molar-refractivity contribution in [3.63, 3.8) is 0 Å². The number of nitrogens with one attached hydrogen (secondary N) is 1. The molecule has 28 heavy (non-hydrogen) atoms. The smallest absolute Gasteiger partial charge is 0.341 e. The molecule has 2 rings (SSSR count). The van der Waals surface area contributed by atoms with E-state index in [1.165, 1.54) is 0 Å². The van der Waals surface area contributed by atoms with Crippen LogP contribution >= 0.6 is 0 Å². The summed E-state index contributed by atoms with van der Waals surface area (Å²) in [6, 6.07) is 12.3. The summed E-state index contributed by atoms with van der Waals surface area (Å²) in [5.74, 6) is -0.829. The molecule has 2 aromatic carbocycles. The van der Waals surface area contributed by atoms with Crippen LogP contribution in [0.2, 0.25) is 0 Å². The van der Waals surface area contributed by atoms with E-state index in [1.54, 1.807) is 24.3 Å². The van der Waals surface area contributed by atoms with Crippen LogP contribution in [-0.2, 0) is 9.59 Å². The average Bonchev–Trinajstić information content (AvgIpc) is 2.66. The number of carbonyl (C=O) groups excluding carboxylic acids is 2. The standard InChI is InChI=1S/C22H25NO5/c1-14-4-5-15(2)19(12-14)20(24)10-11-21(25)23-16(3)17-6-8-18(9-7-17)28-13-22(26)27/h4-9,12,16H,10-11,13H2,1-3H3,(H,23,25)(H,26,27). The highest BCUT2D eigenvalue weighted by Crippen LogP contribution is 2.18. The fourth-order valence-corrected chi connectivity index (χ4v) is 2.79. The van der Waals surface area contributed by atoms with Crippen LogP contribution in [0.4, 0.5) is 0 Å². The number of rotatable bonds is 9. The summed E-state index contributed by atoms with van der Waals surface area (Å²) >= 11 is 0. The first-order valence-corrected chi connectivity index (χ1v) is 9.10. The molecule has 0 aliphatic heterocycles. The molecule has 1 amide bonds. The molecule has 0 bridgehead atoms. The van der Waals surface area contributed by atoms with Gasteiger partial charge in [0.2, 0.25) is 5.91 Å². The monoisotopic (exact) mass is 383 g/mol. The summed E-state index contributed by atoms with van der Waals surface area (Å²) in [5, 5.41) is 11.5. The topological polar surface area (TPSA) is 92.7 Å². The maximum Gasteiger partial charge on any atom is 0.341 e. The molecule has 0 saturated heterocycles. The van der Waals surface area contributed by atoms with Crippen LogP contribution in [0.3, 0.4) is 0 Å². The Bertz CT molecular complexity index is 858. The molecule has 0 heterocycles. The first-order valence-electron chi connectivity index (χ1n) is 9.10. The number of ketones is 1. The van der Waals surface area contributed by atoms with Gasteiger partial charge in [-0.15, -0.1) is 0 Å². The van der Waals surface area contributed by atoms with Crippen LogP contribution in [0.15, 0.2) is 42.5 Å². The van der Waals surface area contributed by atoms with Crippen LogP contribution < -0.4 is 10.1 Å². The van der Waals surface area contributed by atoms with Crippen molar-refractivity contribution in [1.82, 2.24) is 5.32 Å². The van der Waals surface area contributed by atoms with Gasteiger partial charge in [-0.1, -0.05) is 29.8 Å². The molecule has 1 atom stereocenters. The van der Waals surface area contributed by atoms with E-state index in [-0.39, 0.29) is 30.6 Å². The van der Waals surface area contributed by atoms with Gasteiger partial charge in [-0.25, -0.2) is 4.79 Å². The third kappa shape index (κ3) is 6.23. The number of carbonyl (C=O) groups is 3. The first kappa shape index (κ1) is 21.2. The Labute approximate surface area is 164 Å². The van der Waals surface area contributed by atoms with Crippen molar-refractivity contribution in [2.75, 3.05) is 6.61 Å². The minimum atomic E-state index is -1.04. The number of benzene rings is 2. The molecule has 0 radical (unpaired) electrons. The van der Waals surface area contributed by atoms with Gasteiger partial charge in [0.05, 0.1) is 6.04 Å². The Morgan fingerprint density at radius 2 is 1.71 bits per heavy atom. The van der Waals surface area contributed by atoms with Crippen LogP contribution in [0.5, 0.6) is 5.75 Å². The second kappa shape index (κ2) is 9.69. The normalized spacial score (nSPS) is 11.5. The molecule has 6 heteroatoms. The van der Waals surface area contributed by atoms with Crippen molar-refractivity contribution in [3.05, 3.63) is 64.7 Å². The van der Waals surface area contributed by atoms with Gasteiger partial charge < -0.3 is 15.2 Å². The summed E-state index contributed by atoms with van der Waals surface area (Å²) in [4.78, 5) is 35.1. The second-order valence-electron chi connectivity index (χ2n) is 6.78. The van der Waals surface area contributed by atoms with Crippen molar-refractivity contribution < 1.29 is 24.2 Å². The predicted molar refractivity (Wildman–Crippen MR) is 106 cm³/mol. The van der Waals surface area contributed by atoms with Crippen molar-refractivity contribution in [1.29, 1.82) is 0 Å². The second-order valence-corrected chi connectivity index (χ2v) is 6.78. The van der Waals surface area contributed by atoms with Crippen LogP contribution in [-0.4, -0.2) is 29.4 Å². The summed E-state index contributed by atoms with van der Waals surface area (Å²) < 4.78 is 5.08. The number of Topliss-reactive ketones (excluding diaryl/α,β-unsaturated/α-hetero) is 1. The lowest BCUT2D eigenvalue weighted by atomic mass is 9.99. The Morgan fingerprint density at radius 3 is 2.36 bits per heavy atom. The molecule has 148 valence electrons. The predicted octanol–water partition coefficient (Wildman–Crippen LogP) is 3.61. The number of hydrogen-bond acceptors (Lipinski definition) is 4. The van der Waals surface area contributed by atoms with Gasteiger partial charge in [-0.2, -0.15) is 0 Å². The minimum absolute atomic E-state index is 0.0380.